The third-order valence-electron chi connectivity index (χ3n) is 3.68. The molecule has 0 unspecified atom stereocenters. The van der Waals surface area contributed by atoms with Gasteiger partial charge in [0.15, 0.2) is 12.4 Å². The number of carbonyl (C=O) groups excluding carboxylic acids is 1. The zero-order valence-electron chi connectivity index (χ0n) is 13.9. The minimum absolute atomic E-state index is 0.179. The van der Waals surface area contributed by atoms with Gasteiger partial charge in [0.2, 0.25) is 4.96 Å². The molecule has 0 saturated heterocycles. The first kappa shape index (κ1) is 16.9. The molecule has 134 valence electrons. The molecular formula is C18H13N5O3S. The van der Waals surface area contributed by atoms with Crippen molar-refractivity contribution in [1.29, 1.82) is 0 Å². The first-order chi connectivity index (χ1) is 13.1. The number of amides is 1. The lowest BCUT2D eigenvalue weighted by atomic mass is 10.2. The minimum Gasteiger partial charge on any atom is -0.484 e. The van der Waals surface area contributed by atoms with Gasteiger partial charge in [-0.05, 0) is 35.9 Å². The van der Waals surface area contributed by atoms with Crippen LogP contribution in [0.4, 0.5) is 0 Å². The van der Waals surface area contributed by atoms with Crippen molar-refractivity contribution < 1.29 is 9.53 Å². The highest BCUT2D eigenvalue weighted by atomic mass is 32.1. The molecule has 8 nitrogen and oxygen atoms in total. The summed E-state index contributed by atoms with van der Waals surface area (Å²) in [6.45, 7) is -0.179. The third kappa shape index (κ3) is 3.53. The molecule has 0 radical (unpaired) electrons. The molecule has 4 aromatic rings. The quantitative estimate of drug-likeness (QED) is 0.544. The molecule has 3 heterocycles. The zero-order chi connectivity index (χ0) is 18.8. The molecule has 1 amide bonds. The number of thiazole rings is 1. The number of fused-ring (bicyclic) bond motifs is 1. The predicted molar refractivity (Wildman–Crippen MR) is 100 cm³/mol. The standard InChI is InChI=1S/C18H13N5O3S/c19-15(24)10-26-13-3-1-11(2-4-13)9-14-17(25)23-18(27-14)21-16(22-23)12-5-7-20-8-6-12/h1-9H,10H2,(H2,19,24)/b14-9-. The van der Waals surface area contributed by atoms with E-state index in [0.717, 1.165) is 11.1 Å². The molecule has 27 heavy (non-hydrogen) atoms. The molecule has 4 rings (SSSR count). The molecule has 1 aromatic carbocycles. The molecule has 0 bridgehead atoms. The third-order valence-corrected chi connectivity index (χ3v) is 4.64. The monoisotopic (exact) mass is 379 g/mol. The van der Waals surface area contributed by atoms with Crippen LogP contribution in [0.25, 0.3) is 22.4 Å². The van der Waals surface area contributed by atoms with E-state index in [1.54, 1.807) is 54.9 Å². The van der Waals surface area contributed by atoms with Gasteiger partial charge in [0.25, 0.3) is 11.5 Å². The number of hydrogen-bond donors (Lipinski definition) is 1. The number of hydrogen-bond acceptors (Lipinski definition) is 7. The topological polar surface area (TPSA) is 112 Å². The predicted octanol–water partition coefficient (Wildman–Crippen LogP) is 0.625. The van der Waals surface area contributed by atoms with Gasteiger partial charge in [0.05, 0.1) is 4.53 Å². The fraction of sp³-hybridized carbons (Fsp3) is 0.0556. The van der Waals surface area contributed by atoms with Crippen molar-refractivity contribution >= 4 is 28.3 Å². The van der Waals surface area contributed by atoms with Gasteiger partial charge in [-0.1, -0.05) is 23.5 Å². The number of carbonyl (C=O) groups is 1. The van der Waals surface area contributed by atoms with Gasteiger partial charge in [-0.25, -0.2) is 0 Å². The number of pyridine rings is 1. The van der Waals surface area contributed by atoms with E-state index < -0.39 is 5.91 Å². The molecular weight excluding hydrogens is 366 g/mol. The number of rotatable bonds is 5. The summed E-state index contributed by atoms with van der Waals surface area (Å²) < 4.78 is 7.04. The summed E-state index contributed by atoms with van der Waals surface area (Å²) in [6, 6.07) is 10.6. The average Bonchev–Trinajstić information content (AvgIpc) is 3.22. The SMILES string of the molecule is NC(=O)COc1ccc(/C=c2\sc3nc(-c4ccncc4)nn3c2=O)cc1. The van der Waals surface area contributed by atoms with E-state index in [1.165, 1.54) is 15.9 Å². The van der Waals surface area contributed by atoms with Crippen molar-refractivity contribution in [3.63, 3.8) is 0 Å². The Morgan fingerprint density at radius 3 is 2.59 bits per heavy atom. The molecule has 0 saturated carbocycles. The summed E-state index contributed by atoms with van der Waals surface area (Å²) in [7, 11) is 0. The van der Waals surface area contributed by atoms with Crippen LogP contribution >= 0.6 is 11.3 Å². The van der Waals surface area contributed by atoms with Gasteiger partial charge in [0, 0.05) is 18.0 Å². The van der Waals surface area contributed by atoms with Crippen LogP contribution in [0.1, 0.15) is 5.56 Å². The number of nitrogens with zero attached hydrogens (tertiary/aromatic N) is 4. The molecule has 0 aliphatic rings. The van der Waals surface area contributed by atoms with Crippen molar-refractivity contribution in [2.45, 2.75) is 0 Å². The van der Waals surface area contributed by atoms with Gasteiger partial charge in [-0.2, -0.15) is 9.50 Å². The highest BCUT2D eigenvalue weighted by Gasteiger charge is 2.11. The van der Waals surface area contributed by atoms with E-state index >= 15 is 0 Å². The number of ether oxygens (including phenoxy) is 1. The zero-order valence-corrected chi connectivity index (χ0v) is 14.7. The summed E-state index contributed by atoms with van der Waals surface area (Å²) in [5.41, 5.74) is 6.44. The summed E-state index contributed by atoms with van der Waals surface area (Å²) in [4.78, 5) is 32.2. The lowest BCUT2D eigenvalue weighted by Gasteiger charge is -2.03. The number of benzene rings is 1. The maximum atomic E-state index is 12.6. The maximum Gasteiger partial charge on any atom is 0.291 e. The van der Waals surface area contributed by atoms with Crippen molar-refractivity contribution in [2.24, 2.45) is 5.73 Å². The average molecular weight is 379 g/mol. The van der Waals surface area contributed by atoms with E-state index in [1.807, 2.05) is 0 Å². The number of primary amides is 1. The normalized spacial score (nSPS) is 11.8. The van der Waals surface area contributed by atoms with Gasteiger partial charge in [0.1, 0.15) is 5.75 Å². The lowest BCUT2D eigenvalue weighted by molar-refractivity contribution is -0.119. The van der Waals surface area contributed by atoms with Crippen LogP contribution in [-0.2, 0) is 4.79 Å². The Hall–Kier alpha value is -3.59. The van der Waals surface area contributed by atoms with Crippen LogP contribution < -0.4 is 20.6 Å². The Balaban J connectivity index is 1.64. The van der Waals surface area contributed by atoms with Crippen LogP contribution in [-0.4, -0.2) is 32.1 Å². The van der Waals surface area contributed by atoms with Crippen molar-refractivity contribution in [3.05, 3.63) is 69.2 Å². The van der Waals surface area contributed by atoms with E-state index in [9.17, 15) is 9.59 Å². The van der Waals surface area contributed by atoms with Crippen molar-refractivity contribution in [1.82, 2.24) is 19.6 Å². The molecule has 3 aromatic heterocycles. The Labute approximate surface area is 156 Å². The highest BCUT2D eigenvalue weighted by Crippen LogP contribution is 2.15. The summed E-state index contributed by atoms with van der Waals surface area (Å²) in [6.07, 6.45) is 5.06. The maximum absolute atomic E-state index is 12.6. The molecule has 0 atom stereocenters. The second-order valence-corrected chi connectivity index (χ2v) is 6.61. The van der Waals surface area contributed by atoms with Crippen LogP contribution in [0, 0.1) is 0 Å². The second-order valence-electron chi connectivity index (χ2n) is 5.61. The molecule has 2 N–H and O–H groups in total. The van der Waals surface area contributed by atoms with Crippen LogP contribution in [0.3, 0.4) is 0 Å². The largest absolute Gasteiger partial charge is 0.484 e. The van der Waals surface area contributed by atoms with Gasteiger partial charge in [-0.15, -0.1) is 5.10 Å². The van der Waals surface area contributed by atoms with Gasteiger partial charge < -0.3 is 10.5 Å². The molecule has 0 aliphatic heterocycles. The first-order valence-corrected chi connectivity index (χ1v) is 8.75. The van der Waals surface area contributed by atoms with Crippen molar-refractivity contribution in [2.75, 3.05) is 6.61 Å². The molecule has 0 fully saturated rings. The van der Waals surface area contributed by atoms with Crippen LogP contribution in [0.2, 0.25) is 0 Å². The highest BCUT2D eigenvalue weighted by molar-refractivity contribution is 7.15. The second kappa shape index (κ2) is 6.96. The van der Waals surface area contributed by atoms with E-state index in [-0.39, 0.29) is 12.2 Å². The Kier molecular flexibility index (Phi) is 4.35. The van der Waals surface area contributed by atoms with E-state index in [4.69, 9.17) is 10.5 Å². The smallest absolute Gasteiger partial charge is 0.291 e. The molecule has 9 heteroatoms. The van der Waals surface area contributed by atoms with Gasteiger partial charge in [-0.3, -0.25) is 14.6 Å². The van der Waals surface area contributed by atoms with Crippen molar-refractivity contribution in [3.8, 4) is 17.1 Å². The lowest BCUT2D eigenvalue weighted by Crippen LogP contribution is -2.23. The van der Waals surface area contributed by atoms with Crippen LogP contribution in [0.15, 0.2) is 53.6 Å². The summed E-state index contributed by atoms with van der Waals surface area (Å²) in [5.74, 6) is 0.475. The Morgan fingerprint density at radius 1 is 1.19 bits per heavy atom. The number of nitrogens with two attached hydrogens (primary N) is 1. The fourth-order valence-electron chi connectivity index (χ4n) is 2.42. The fourth-order valence-corrected chi connectivity index (χ4v) is 3.33. The van der Waals surface area contributed by atoms with Gasteiger partial charge >= 0.3 is 0 Å². The van der Waals surface area contributed by atoms with E-state index in [0.29, 0.717) is 21.1 Å². The molecule has 0 spiro atoms. The Morgan fingerprint density at radius 2 is 1.93 bits per heavy atom. The summed E-state index contributed by atoms with van der Waals surface area (Å²) >= 11 is 1.27. The Bertz CT molecular complexity index is 1220. The minimum atomic E-state index is -0.540. The van der Waals surface area contributed by atoms with E-state index in [2.05, 4.69) is 15.1 Å². The molecule has 0 aliphatic carbocycles. The first-order valence-electron chi connectivity index (χ1n) is 7.93. The number of aromatic nitrogens is 4. The summed E-state index contributed by atoms with van der Waals surface area (Å²) in [5, 5.41) is 4.29. The van der Waals surface area contributed by atoms with Crippen LogP contribution in [0.5, 0.6) is 5.75 Å².